The van der Waals surface area contributed by atoms with Gasteiger partial charge in [0.2, 0.25) is 0 Å². The quantitative estimate of drug-likeness (QED) is 0.176. The Kier molecular flexibility index (Phi) is 5.63. The Morgan fingerprint density at radius 3 is 2.41 bits per heavy atom. The maximum atomic E-state index is 3.65. The average molecular weight is 447 g/mol. The van der Waals surface area contributed by atoms with Crippen LogP contribution in [0.1, 0.15) is 5.56 Å². The predicted molar refractivity (Wildman–Crippen MR) is 116 cm³/mol. The fraction of sp³-hybridized carbons (Fsp3) is 0.0741. The summed E-state index contributed by atoms with van der Waals surface area (Å²) in [7, 11) is 2.07. The molecule has 0 amide bonds. The van der Waals surface area contributed by atoms with Crippen LogP contribution in [-0.4, -0.2) is 0 Å². The molecular formula is C27H20NY-. The van der Waals surface area contributed by atoms with E-state index in [9.17, 15) is 0 Å². The minimum absolute atomic E-state index is 0. The van der Waals surface area contributed by atoms with Crippen molar-refractivity contribution >= 4 is 21.5 Å². The van der Waals surface area contributed by atoms with Crippen molar-refractivity contribution in [1.29, 1.82) is 0 Å². The van der Waals surface area contributed by atoms with Crippen LogP contribution >= 0.6 is 0 Å². The SMILES string of the molecule is Cc1ccc(-c2[c-]cc3ccc4ccccc4c3c2)[c-]c1-c1cccc[n+]1C.[Y]. The largest absolute Gasteiger partial charge is 0.234 e. The molecule has 1 aromatic heterocycles. The molecule has 0 bridgehead atoms. The van der Waals surface area contributed by atoms with Gasteiger partial charge in [-0.05, 0) is 16.8 Å². The Morgan fingerprint density at radius 2 is 1.55 bits per heavy atom. The van der Waals surface area contributed by atoms with Gasteiger partial charge < -0.3 is 0 Å². The summed E-state index contributed by atoms with van der Waals surface area (Å²) in [4.78, 5) is 0. The Labute approximate surface area is 196 Å². The van der Waals surface area contributed by atoms with Gasteiger partial charge in [-0.1, -0.05) is 55.0 Å². The third-order valence-electron chi connectivity index (χ3n) is 5.43. The molecule has 0 saturated heterocycles. The standard InChI is InChI=1S/C27H20N.Y/c1-19-10-11-22(17-25(19)27-9-5-6-16-28(27)2)23-15-14-21-13-12-20-7-3-4-8-24(20)26(21)18-23;/h3-14,16,18H,1-2H3;/q-1;. The summed E-state index contributed by atoms with van der Waals surface area (Å²) in [6.45, 7) is 2.14. The van der Waals surface area contributed by atoms with Crippen LogP contribution in [0, 0.1) is 19.1 Å². The first-order chi connectivity index (χ1) is 13.7. The van der Waals surface area contributed by atoms with Crippen LogP contribution in [0.25, 0.3) is 43.9 Å². The molecule has 2 heteroatoms. The Morgan fingerprint density at radius 1 is 0.759 bits per heavy atom. The van der Waals surface area contributed by atoms with Crippen LogP contribution in [0.3, 0.4) is 0 Å². The summed E-state index contributed by atoms with van der Waals surface area (Å²) in [6.07, 6.45) is 2.07. The van der Waals surface area contributed by atoms with E-state index in [0.717, 1.165) is 22.4 Å². The van der Waals surface area contributed by atoms with E-state index in [2.05, 4.69) is 110 Å². The molecule has 1 heterocycles. The molecule has 0 aliphatic carbocycles. The van der Waals surface area contributed by atoms with Gasteiger partial charge in [-0.15, -0.1) is 28.5 Å². The van der Waals surface area contributed by atoms with E-state index >= 15 is 0 Å². The van der Waals surface area contributed by atoms with Gasteiger partial charge >= 0.3 is 0 Å². The Hall–Kier alpha value is -2.35. The molecule has 0 N–H and O–H groups in total. The molecule has 4 aromatic carbocycles. The van der Waals surface area contributed by atoms with Gasteiger partial charge in [-0.3, -0.25) is 0 Å². The Balaban J connectivity index is 0.00000205. The fourth-order valence-electron chi connectivity index (χ4n) is 3.87. The number of hydrogen-bond donors (Lipinski definition) is 0. The van der Waals surface area contributed by atoms with E-state index in [1.807, 2.05) is 6.07 Å². The average Bonchev–Trinajstić information content (AvgIpc) is 2.74. The zero-order valence-corrected chi connectivity index (χ0v) is 19.4. The summed E-state index contributed by atoms with van der Waals surface area (Å²) in [5.41, 5.74) is 5.65. The molecule has 0 atom stereocenters. The maximum Gasteiger partial charge on any atom is 0.161 e. The second kappa shape index (κ2) is 8.18. The van der Waals surface area contributed by atoms with Gasteiger partial charge in [0.1, 0.15) is 12.7 Å². The van der Waals surface area contributed by atoms with Gasteiger partial charge in [0, 0.05) is 38.8 Å². The molecule has 0 fully saturated rings. The monoisotopic (exact) mass is 447 g/mol. The van der Waals surface area contributed by atoms with Crippen molar-refractivity contribution in [2.75, 3.05) is 0 Å². The van der Waals surface area contributed by atoms with E-state index in [4.69, 9.17) is 0 Å². The molecule has 0 aliphatic rings. The molecule has 29 heavy (non-hydrogen) atoms. The molecule has 5 aromatic rings. The number of benzene rings is 4. The Bertz CT molecular complexity index is 1340. The van der Waals surface area contributed by atoms with Crippen LogP contribution in [0.4, 0.5) is 0 Å². The number of nitrogens with zero attached hydrogens (tertiary/aromatic N) is 1. The van der Waals surface area contributed by atoms with Crippen LogP contribution in [0.5, 0.6) is 0 Å². The molecular weight excluding hydrogens is 427 g/mol. The van der Waals surface area contributed by atoms with E-state index in [-0.39, 0.29) is 32.7 Å². The third-order valence-corrected chi connectivity index (χ3v) is 5.43. The van der Waals surface area contributed by atoms with Crippen LogP contribution in [0.15, 0.2) is 85.1 Å². The number of pyridine rings is 1. The number of fused-ring (bicyclic) bond motifs is 3. The predicted octanol–water partition coefficient (Wildman–Crippen LogP) is 6.06. The van der Waals surface area contributed by atoms with Crippen LogP contribution < -0.4 is 4.57 Å². The molecule has 0 unspecified atom stereocenters. The molecule has 1 radical (unpaired) electrons. The minimum Gasteiger partial charge on any atom is -0.234 e. The second-order valence-electron chi connectivity index (χ2n) is 7.26. The molecule has 0 saturated carbocycles. The topological polar surface area (TPSA) is 3.88 Å². The maximum absolute atomic E-state index is 3.65. The summed E-state index contributed by atoms with van der Waals surface area (Å²) < 4.78 is 2.14. The number of aryl methyl sites for hydroxylation is 2. The van der Waals surface area contributed by atoms with Crippen molar-refractivity contribution in [3.05, 3.63) is 103 Å². The number of hydrogen-bond acceptors (Lipinski definition) is 0. The van der Waals surface area contributed by atoms with E-state index in [1.54, 1.807) is 0 Å². The summed E-state index contributed by atoms with van der Waals surface area (Å²) in [6, 6.07) is 34.9. The third kappa shape index (κ3) is 3.66. The van der Waals surface area contributed by atoms with Gasteiger partial charge in [-0.2, -0.15) is 29.8 Å². The van der Waals surface area contributed by atoms with Gasteiger partial charge in [0.15, 0.2) is 6.20 Å². The first-order valence-corrected chi connectivity index (χ1v) is 9.52. The van der Waals surface area contributed by atoms with Crippen molar-refractivity contribution in [3.8, 4) is 22.4 Å². The van der Waals surface area contributed by atoms with Crippen molar-refractivity contribution in [3.63, 3.8) is 0 Å². The first-order valence-electron chi connectivity index (χ1n) is 9.52. The normalized spacial score (nSPS) is 10.8. The van der Waals surface area contributed by atoms with Gasteiger partial charge in [0.25, 0.3) is 0 Å². The van der Waals surface area contributed by atoms with E-state index < -0.39 is 0 Å². The molecule has 0 spiro atoms. The fourth-order valence-corrected chi connectivity index (χ4v) is 3.87. The molecule has 137 valence electrons. The minimum atomic E-state index is 0. The second-order valence-corrected chi connectivity index (χ2v) is 7.26. The smallest absolute Gasteiger partial charge is 0.161 e. The van der Waals surface area contributed by atoms with Crippen molar-refractivity contribution in [2.24, 2.45) is 7.05 Å². The van der Waals surface area contributed by atoms with Crippen molar-refractivity contribution < 1.29 is 37.3 Å². The zero-order chi connectivity index (χ0) is 19.1. The summed E-state index contributed by atoms with van der Waals surface area (Å²) in [5, 5.41) is 5.01. The van der Waals surface area contributed by atoms with Gasteiger partial charge in [-0.25, -0.2) is 10.1 Å². The first kappa shape index (κ1) is 19.9. The van der Waals surface area contributed by atoms with E-state index in [0.29, 0.717) is 0 Å². The van der Waals surface area contributed by atoms with E-state index in [1.165, 1.54) is 27.1 Å². The number of rotatable bonds is 2. The van der Waals surface area contributed by atoms with Crippen LogP contribution in [0.2, 0.25) is 0 Å². The van der Waals surface area contributed by atoms with Crippen LogP contribution in [-0.2, 0) is 39.8 Å². The molecule has 5 rings (SSSR count). The summed E-state index contributed by atoms with van der Waals surface area (Å²) >= 11 is 0. The van der Waals surface area contributed by atoms with Crippen molar-refractivity contribution in [1.82, 2.24) is 0 Å². The van der Waals surface area contributed by atoms with Gasteiger partial charge in [0.05, 0.1) is 0 Å². The van der Waals surface area contributed by atoms with Crippen molar-refractivity contribution in [2.45, 2.75) is 6.92 Å². The summed E-state index contributed by atoms with van der Waals surface area (Å²) in [5.74, 6) is 0. The number of aromatic nitrogens is 1. The molecule has 1 nitrogen and oxygen atoms in total. The zero-order valence-electron chi connectivity index (χ0n) is 16.6. The molecule has 0 aliphatic heterocycles.